The van der Waals surface area contributed by atoms with E-state index in [1.807, 2.05) is 0 Å². The van der Waals surface area contributed by atoms with Crippen LogP contribution in [0.25, 0.3) is 0 Å². The van der Waals surface area contributed by atoms with Gasteiger partial charge in [-0.15, -0.1) is 0 Å². The molecule has 1 aliphatic heterocycles. The largest absolute Gasteiger partial charge is 0.382 e. The van der Waals surface area contributed by atoms with Crippen molar-refractivity contribution < 1.29 is 4.74 Å². The lowest BCUT2D eigenvalue weighted by Crippen LogP contribution is -2.34. The molecule has 1 heterocycles. The predicted molar refractivity (Wildman–Crippen MR) is 86.8 cm³/mol. The summed E-state index contributed by atoms with van der Waals surface area (Å²) in [6.07, 6.45) is 5.05. The Balaban J connectivity index is 1.99. The predicted octanol–water partition coefficient (Wildman–Crippen LogP) is 3.82. The molecule has 0 saturated carbocycles. The molecule has 1 saturated heterocycles. The fourth-order valence-corrected chi connectivity index (χ4v) is 2.84. The monoisotopic (exact) mass is 276 g/mol. The molecule has 1 aromatic carbocycles. The van der Waals surface area contributed by atoms with Gasteiger partial charge in [-0.1, -0.05) is 13.3 Å². The molecule has 0 bridgehead atoms. The van der Waals surface area contributed by atoms with Crippen molar-refractivity contribution in [2.45, 2.75) is 51.7 Å². The van der Waals surface area contributed by atoms with Crippen LogP contribution in [0.3, 0.4) is 0 Å². The first-order valence-electron chi connectivity index (χ1n) is 7.76. The summed E-state index contributed by atoms with van der Waals surface area (Å²) < 4.78 is 5.82. The van der Waals surface area contributed by atoms with E-state index in [2.05, 4.69) is 56.4 Å². The lowest BCUT2D eigenvalue weighted by atomic mass is 9.99. The molecule has 1 fully saturated rings. The molecular weight excluding hydrogens is 248 g/mol. The van der Waals surface area contributed by atoms with Crippen LogP contribution >= 0.6 is 0 Å². The smallest absolute Gasteiger partial charge is 0.0594 e. The summed E-state index contributed by atoms with van der Waals surface area (Å²) in [5, 5.41) is 3.71. The third-order valence-electron chi connectivity index (χ3n) is 4.06. The lowest BCUT2D eigenvalue weighted by Gasteiger charge is -2.31. The number of aryl methyl sites for hydroxylation is 1. The van der Waals surface area contributed by atoms with E-state index in [0.29, 0.717) is 12.1 Å². The Hall–Kier alpha value is -1.22. The number of rotatable bonds is 5. The van der Waals surface area contributed by atoms with Gasteiger partial charge in [-0.05, 0) is 49.9 Å². The van der Waals surface area contributed by atoms with Crippen LogP contribution in [-0.4, -0.2) is 32.8 Å². The molecule has 0 spiro atoms. The highest BCUT2D eigenvalue weighted by atomic mass is 16.5. The Labute approximate surface area is 123 Å². The average molecular weight is 276 g/mol. The number of benzene rings is 1. The first kappa shape index (κ1) is 15.2. The van der Waals surface area contributed by atoms with Crippen molar-refractivity contribution in [2.75, 3.05) is 30.9 Å². The summed E-state index contributed by atoms with van der Waals surface area (Å²) >= 11 is 0. The van der Waals surface area contributed by atoms with Gasteiger partial charge in [0.25, 0.3) is 0 Å². The molecule has 2 rings (SSSR count). The van der Waals surface area contributed by atoms with Gasteiger partial charge in [0.2, 0.25) is 0 Å². The van der Waals surface area contributed by atoms with Crippen molar-refractivity contribution in [3.8, 4) is 0 Å². The van der Waals surface area contributed by atoms with Crippen LogP contribution in [-0.2, 0) is 4.74 Å². The Kier molecular flexibility index (Phi) is 5.30. The fourth-order valence-electron chi connectivity index (χ4n) is 2.84. The van der Waals surface area contributed by atoms with Crippen LogP contribution in [0.2, 0.25) is 0 Å². The lowest BCUT2D eigenvalue weighted by molar-refractivity contribution is 0.00597. The highest BCUT2D eigenvalue weighted by Crippen LogP contribution is 2.25. The standard InChI is InChI=1S/C17H28N2O/c1-5-6-16-12-14(9-10-20-16)18-17-8-7-15(19(3)4)11-13(17)2/h7-8,11,14,16,18H,5-6,9-10,12H2,1-4H3. The van der Waals surface area contributed by atoms with Crippen LogP contribution in [0, 0.1) is 6.92 Å². The van der Waals surface area contributed by atoms with E-state index in [4.69, 9.17) is 4.74 Å². The number of hydrogen-bond acceptors (Lipinski definition) is 3. The summed E-state index contributed by atoms with van der Waals surface area (Å²) in [6.45, 7) is 5.29. The zero-order valence-corrected chi connectivity index (χ0v) is 13.3. The molecule has 1 aliphatic rings. The van der Waals surface area contributed by atoms with Crippen molar-refractivity contribution in [3.63, 3.8) is 0 Å². The van der Waals surface area contributed by atoms with Crippen LogP contribution < -0.4 is 10.2 Å². The Morgan fingerprint density at radius 3 is 2.80 bits per heavy atom. The maximum absolute atomic E-state index is 5.82. The number of nitrogens with zero attached hydrogens (tertiary/aromatic N) is 1. The Bertz CT molecular complexity index is 429. The van der Waals surface area contributed by atoms with E-state index >= 15 is 0 Å². The van der Waals surface area contributed by atoms with Crippen molar-refractivity contribution in [1.29, 1.82) is 0 Å². The zero-order chi connectivity index (χ0) is 14.5. The number of ether oxygens (including phenoxy) is 1. The normalized spacial score (nSPS) is 22.6. The molecule has 0 amide bonds. The summed E-state index contributed by atoms with van der Waals surface area (Å²) in [4.78, 5) is 2.14. The van der Waals surface area contributed by atoms with Gasteiger partial charge in [-0.3, -0.25) is 0 Å². The van der Waals surface area contributed by atoms with Crippen molar-refractivity contribution >= 4 is 11.4 Å². The molecular formula is C17H28N2O. The fraction of sp³-hybridized carbons (Fsp3) is 0.647. The van der Waals surface area contributed by atoms with E-state index in [1.54, 1.807) is 0 Å². The van der Waals surface area contributed by atoms with Gasteiger partial charge < -0.3 is 15.0 Å². The number of nitrogens with one attached hydrogen (secondary N) is 1. The maximum atomic E-state index is 5.82. The van der Waals surface area contributed by atoms with Crippen LogP contribution in [0.4, 0.5) is 11.4 Å². The van der Waals surface area contributed by atoms with Crippen molar-refractivity contribution in [1.82, 2.24) is 0 Å². The van der Waals surface area contributed by atoms with E-state index in [-0.39, 0.29) is 0 Å². The molecule has 0 radical (unpaired) electrons. The topological polar surface area (TPSA) is 24.5 Å². The highest BCUT2D eigenvalue weighted by molar-refractivity contribution is 5.60. The molecule has 0 aromatic heterocycles. The van der Waals surface area contributed by atoms with E-state index in [9.17, 15) is 0 Å². The molecule has 2 unspecified atom stereocenters. The van der Waals surface area contributed by atoms with Gasteiger partial charge in [-0.25, -0.2) is 0 Å². The quantitative estimate of drug-likeness (QED) is 0.885. The minimum atomic E-state index is 0.438. The van der Waals surface area contributed by atoms with Gasteiger partial charge in [0.15, 0.2) is 0 Å². The summed E-state index contributed by atoms with van der Waals surface area (Å²) in [5.74, 6) is 0. The summed E-state index contributed by atoms with van der Waals surface area (Å²) in [7, 11) is 4.16. The van der Waals surface area contributed by atoms with Gasteiger partial charge in [0.05, 0.1) is 6.10 Å². The van der Waals surface area contributed by atoms with Crippen LogP contribution in [0.5, 0.6) is 0 Å². The second kappa shape index (κ2) is 6.98. The molecule has 2 atom stereocenters. The van der Waals surface area contributed by atoms with Gasteiger partial charge in [0, 0.05) is 38.1 Å². The SMILES string of the molecule is CCCC1CC(Nc2ccc(N(C)C)cc2C)CCO1. The molecule has 20 heavy (non-hydrogen) atoms. The van der Waals surface area contributed by atoms with Gasteiger partial charge >= 0.3 is 0 Å². The number of hydrogen-bond donors (Lipinski definition) is 1. The number of anilines is 2. The second-order valence-electron chi connectivity index (χ2n) is 6.04. The Morgan fingerprint density at radius 1 is 1.35 bits per heavy atom. The van der Waals surface area contributed by atoms with E-state index in [1.165, 1.54) is 29.8 Å². The second-order valence-corrected chi connectivity index (χ2v) is 6.04. The van der Waals surface area contributed by atoms with Gasteiger partial charge in [-0.2, -0.15) is 0 Å². The molecule has 3 heteroatoms. The molecule has 1 aromatic rings. The third-order valence-corrected chi connectivity index (χ3v) is 4.06. The summed E-state index contributed by atoms with van der Waals surface area (Å²) in [5.41, 5.74) is 3.83. The first-order valence-corrected chi connectivity index (χ1v) is 7.76. The van der Waals surface area contributed by atoms with Crippen molar-refractivity contribution in [2.24, 2.45) is 0 Å². The van der Waals surface area contributed by atoms with Gasteiger partial charge in [0.1, 0.15) is 0 Å². The van der Waals surface area contributed by atoms with E-state index < -0.39 is 0 Å². The maximum Gasteiger partial charge on any atom is 0.0594 e. The molecule has 3 nitrogen and oxygen atoms in total. The molecule has 112 valence electrons. The minimum Gasteiger partial charge on any atom is -0.382 e. The van der Waals surface area contributed by atoms with Crippen molar-refractivity contribution in [3.05, 3.63) is 23.8 Å². The Morgan fingerprint density at radius 2 is 2.15 bits per heavy atom. The summed E-state index contributed by atoms with van der Waals surface area (Å²) in [6, 6.07) is 7.17. The third kappa shape index (κ3) is 3.89. The average Bonchev–Trinajstić information content (AvgIpc) is 2.42. The van der Waals surface area contributed by atoms with E-state index in [0.717, 1.165) is 19.4 Å². The van der Waals surface area contributed by atoms with Crippen LogP contribution in [0.15, 0.2) is 18.2 Å². The molecule has 0 aliphatic carbocycles. The minimum absolute atomic E-state index is 0.438. The first-order chi connectivity index (χ1) is 9.60. The molecule has 1 N–H and O–H groups in total. The zero-order valence-electron chi connectivity index (χ0n) is 13.3. The highest BCUT2D eigenvalue weighted by Gasteiger charge is 2.22. The van der Waals surface area contributed by atoms with Crippen LogP contribution in [0.1, 0.15) is 38.2 Å².